The maximum absolute atomic E-state index is 12.2. The molecule has 0 unspecified atom stereocenters. The Kier molecular flexibility index (Phi) is 4.91. The number of esters is 1. The summed E-state index contributed by atoms with van der Waals surface area (Å²) in [5, 5.41) is 3.66. The summed E-state index contributed by atoms with van der Waals surface area (Å²) in [5.41, 5.74) is 0.561. The largest absolute Gasteiger partial charge is 0.452 e. The number of ether oxygens (including phenoxy) is 1. The maximum atomic E-state index is 12.2. The molecule has 4 nitrogen and oxygen atoms in total. The van der Waals surface area contributed by atoms with Crippen LogP contribution in [-0.4, -0.2) is 25.0 Å². The average Bonchev–Trinajstić information content (AvgIpc) is 2.59. The summed E-state index contributed by atoms with van der Waals surface area (Å²) >= 11 is 11.7. The van der Waals surface area contributed by atoms with Gasteiger partial charge in [0.05, 0.1) is 15.6 Å². The van der Waals surface area contributed by atoms with Gasteiger partial charge in [-0.05, 0) is 79.9 Å². The van der Waals surface area contributed by atoms with Gasteiger partial charge in [0.1, 0.15) is 0 Å². The summed E-state index contributed by atoms with van der Waals surface area (Å²) in [6.45, 7) is 0.436. The molecule has 5 rings (SSSR count). The van der Waals surface area contributed by atoms with Gasteiger partial charge in [-0.2, -0.15) is 0 Å². The lowest BCUT2D eigenvalue weighted by Crippen LogP contribution is -2.51. The van der Waals surface area contributed by atoms with Crippen molar-refractivity contribution < 1.29 is 14.3 Å². The Bertz CT molecular complexity index is 698. The molecule has 26 heavy (non-hydrogen) atoms. The van der Waals surface area contributed by atoms with Crippen LogP contribution in [0.15, 0.2) is 18.2 Å². The Labute approximate surface area is 163 Å². The fraction of sp³-hybridized carbons (Fsp3) is 0.600. The minimum atomic E-state index is -0.575. The molecule has 140 valence electrons. The van der Waals surface area contributed by atoms with E-state index in [1.54, 1.807) is 0 Å². The Morgan fingerprint density at radius 3 is 2.23 bits per heavy atom. The zero-order valence-corrected chi connectivity index (χ0v) is 16.1. The first-order valence-corrected chi connectivity index (χ1v) is 10.1. The van der Waals surface area contributed by atoms with Crippen LogP contribution in [0.4, 0.5) is 0 Å². The van der Waals surface area contributed by atoms with E-state index in [1.165, 1.54) is 56.7 Å². The van der Waals surface area contributed by atoms with Gasteiger partial charge >= 0.3 is 5.97 Å². The fourth-order valence-corrected chi connectivity index (χ4v) is 5.98. The van der Waals surface area contributed by atoms with E-state index in [2.05, 4.69) is 5.32 Å². The van der Waals surface area contributed by atoms with Crippen LogP contribution in [0, 0.1) is 23.2 Å². The van der Waals surface area contributed by atoms with Crippen LogP contribution in [0.25, 0.3) is 0 Å². The van der Waals surface area contributed by atoms with Crippen LogP contribution in [0.1, 0.15) is 48.9 Å². The summed E-state index contributed by atoms with van der Waals surface area (Å²) in [6.07, 6.45) is 7.87. The van der Waals surface area contributed by atoms with Gasteiger partial charge in [-0.1, -0.05) is 23.2 Å². The molecule has 4 aliphatic carbocycles. The minimum absolute atomic E-state index is 0.242. The molecule has 1 aromatic rings. The second kappa shape index (κ2) is 7.05. The van der Waals surface area contributed by atoms with Crippen molar-refractivity contribution in [3.8, 4) is 0 Å². The van der Waals surface area contributed by atoms with Gasteiger partial charge < -0.3 is 10.1 Å². The molecule has 4 saturated carbocycles. The number of amides is 1. The zero-order valence-electron chi connectivity index (χ0n) is 14.6. The molecule has 4 aliphatic rings. The molecular weight excluding hydrogens is 373 g/mol. The third kappa shape index (κ3) is 3.72. The molecule has 0 heterocycles. The van der Waals surface area contributed by atoms with Crippen molar-refractivity contribution in [1.82, 2.24) is 5.32 Å². The van der Waals surface area contributed by atoms with Crippen molar-refractivity contribution in [1.29, 1.82) is 0 Å². The highest BCUT2D eigenvalue weighted by Gasteiger charge is 2.50. The van der Waals surface area contributed by atoms with Gasteiger partial charge in [0.25, 0.3) is 5.91 Å². The third-order valence-corrected chi connectivity index (χ3v) is 7.05. The van der Waals surface area contributed by atoms with Crippen LogP contribution in [-0.2, 0) is 9.53 Å². The van der Waals surface area contributed by atoms with Gasteiger partial charge in [-0.3, -0.25) is 4.79 Å². The molecule has 6 heteroatoms. The normalized spacial score (nSPS) is 31.7. The molecule has 0 aromatic heterocycles. The van der Waals surface area contributed by atoms with Gasteiger partial charge in [0, 0.05) is 6.54 Å². The predicted octanol–water partition coefficient (Wildman–Crippen LogP) is 4.48. The Morgan fingerprint density at radius 1 is 1.04 bits per heavy atom. The highest BCUT2D eigenvalue weighted by atomic mass is 35.5. The lowest BCUT2D eigenvalue weighted by Gasteiger charge is -2.56. The van der Waals surface area contributed by atoms with Crippen LogP contribution < -0.4 is 5.32 Å². The Morgan fingerprint density at radius 2 is 1.65 bits per heavy atom. The van der Waals surface area contributed by atoms with Crippen LogP contribution >= 0.6 is 23.2 Å². The molecule has 0 saturated heterocycles. The van der Waals surface area contributed by atoms with E-state index in [9.17, 15) is 9.59 Å². The molecular formula is C20H23Cl2NO3. The first-order chi connectivity index (χ1) is 12.4. The number of carbonyl (C=O) groups is 2. The highest BCUT2D eigenvalue weighted by Crippen LogP contribution is 2.59. The van der Waals surface area contributed by atoms with Crippen molar-refractivity contribution in [2.45, 2.75) is 38.5 Å². The zero-order chi connectivity index (χ0) is 18.3. The summed E-state index contributed by atoms with van der Waals surface area (Å²) < 4.78 is 5.10. The fourth-order valence-electron chi connectivity index (χ4n) is 5.68. The number of hydrogen-bond acceptors (Lipinski definition) is 3. The topological polar surface area (TPSA) is 55.4 Å². The molecule has 0 spiro atoms. The standard InChI is InChI=1S/C20H23Cl2NO3/c21-16-2-1-15(6-17(16)22)19(25)26-10-18(24)23-11-20-7-12-3-13(8-20)5-14(4-12)9-20/h1-2,6,12-14H,3-5,7-11H2,(H,23,24). The van der Waals surface area contributed by atoms with E-state index in [-0.39, 0.29) is 28.5 Å². The lowest BCUT2D eigenvalue weighted by atomic mass is 9.49. The van der Waals surface area contributed by atoms with Gasteiger partial charge in [-0.15, -0.1) is 0 Å². The van der Waals surface area contributed by atoms with Crippen molar-refractivity contribution >= 4 is 35.1 Å². The summed E-state index contributed by atoms with van der Waals surface area (Å²) in [6, 6.07) is 4.51. The number of benzene rings is 1. The first-order valence-electron chi connectivity index (χ1n) is 9.31. The van der Waals surface area contributed by atoms with Crippen molar-refractivity contribution in [3.63, 3.8) is 0 Å². The molecule has 1 N–H and O–H groups in total. The summed E-state index contributed by atoms with van der Waals surface area (Å²) in [5.74, 6) is 1.74. The maximum Gasteiger partial charge on any atom is 0.338 e. The molecule has 0 atom stereocenters. The quantitative estimate of drug-likeness (QED) is 0.747. The molecule has 1 amide bonds. The molecule has 4 bridgehead atoms. The van der Waals surface area contributed by atoms with E-state index in [0.717, 1.165) is 17.8 Å². The first kappa shape index (κ1) is 18.1. The molecule has 0 radical (unpaired) electrons. The lowest BCUT2D eigenvalue weighted by molar-refractivity contribution is -0.126. The van der Waals surface area contributed by atoms with Crippen molar-refractivity contribution in [2.75, 3.05) is 13.2 Å². The average molecular weight is 396 g/mol. The van der Waals surface area contributed by atoms with Crippen LogP contribution in [0.2, 0.25) is 10.0 Å². The smallest absolute Gasteiger partial charge is 0.338 e. The number of carbonyl (C=O) groups excluding carboxylic acids is 2. The number of nitrogens with one attached hydrogen (secondary N) is 1. The van der Waals surface area contributed by atoms with Crippen LogP contribution in [0.5, 0.6) is 0 Å². The third-order valence-electron chi connectivity index (χ3n) is 6.32. The Hall–Kier alpha value is -1.26. The number of rotatable bonds is 5. The predicted molar refractivity (Wildman–Crippen MR) is 100 cm³/mol. The molecule has 0 aliphatic heterocycles. The van der Waals surface area contributed by atoms with Crippen molar-refractivity contribution in [2.24, 2.45) is 23.2 Å². The van der Waals surface area contributed by atoms with Gasteiger partial charge in [0.15, 0.2) is 6.61 Å². The van der Waals surface area contributed by atoms with Crippen LogP contribution in [0.3, 0.4) is 0 Å². The van der Waals surface area contributed by atoms with Crippen molar-refractivity contribution in [3.05, 3.63) is 33.8 Å². The number of hydrogen-bond donors (Lipinski definition) is 1. The van der Waals surface area contributed by atoms with Gasteiger partial charge in [-0.25, -0.2) is 4.79 Å². The Balaban J connectivity index is 1.27. The monoisotopic (exact) mass is 395 g/mol. The van der Waals surface area contributed by atoms with E-state index in [1.807, 2.05) is 0 Å². The summed E-state index contributed by atoms with van der Waals surface area (Å²) in [7, 11) is 0. The highest BCUT2D eigenvalue weighted by molar-refractivity contribution is 6.42. The van der Waals surface area contributed by atoms with E-state index in [0.29, 0.717) is 11.6 Å². The van der Waals surface area contributed by atoms with E-state index < -0.39 is 5.97 Å². The number of halogens is 2. The van der Waals surface area contributed by atoms with Gasteiger partial charge in [0.2, 0.25) is 0 Å². The second-order valence-electron chi connectivity index (χ2n) is 8.40. The summed E-state index contributed by atoms with van der Waals surface area (Å²) in [4.78, 5) is 24.2. The minimum Gasteiger partial charge on any atom is -0.452 e. The SMILES string of the molecule is O=C(COC(=O)c1ccc(Cl)c(Cl)c1)NCC12CC3CC(CC(C3)C1)C2. The molecule has 4 fully saturated rings. The van der Waals surface area contributed by atoms with E-state index >= 15 is 0 Å². The molecule has 1 aromatic carbocycles. The second-order valence-corrected chi connectivity index (χ2v) is 9.21. The van der Waals surface area contributed by atoms with E-state index in [4.69, 9.17) is 27.9 Å².